The van der Waals surface area contributed by atoms with E-state index in [-0.39, 0.29) is 41.1 Å². The summed E-state index contributed by atoms with van der Waals surface area (Å²) in [5.41, 5.74) is 5.43. The van der Waals surface area contributed by atoms with Crippen molar-refractivity contribution in [2.75, 3.05) is 11.6 Å². The van der Waals surface area contributed by atoms with Crippen LogP contribution in [0.2, 0.25) is 0 Å². The van der Waals surface area contributed by atoms with Crippen LogP contribution in [0.4, 0.5) is 20.3 Å². The molecule has 0 unspecified atom stereocenters. The SMILES string of the molecule is C[C@]1(c2cc(Nc3nccc4nc(OCc5ncco5)cnc34)cc(F)c2F)N=C(N)S[C@@]2(S(C)(=O)=O)C[C@H]21. The van der Waals surface area contributed by atoms with E-state index in [4.69, 9.17) is 14.9 Å². The highest BCUT2D eigenvalue weighted by molar-refractivity contribution is 8.24. The number of benzene rings is 1. The number of anilines is 2. The van der Waals surface area contributed by atoms with Crippen LogP contribution in [0.25, 0.3) is 11.0 Å². The second kappa shape index (κ2) is 8.84. The van der Waals surface area contributed by atoms with Crippen molar-refractivity contribution in [1.29, 1.82) is 0 Å². The van der Waals surface area contributed by atoms with E-state index in [0.29, 0.717) is 16.9 Å². The predicted molar refractivity (Wildman–Crippen MR) is 140 cm³/mol. The van der Waals surface area contributed by atoms with Crippen molar-refractivity contribution in [2.24, 2.45) is 16.6 Å². The van der Waals surface area contributed by atoms with Crippen LogP contribution in [0.5, 0.6) is 5.88 Å². The molecule has 1 saturated carbocycles. The van der Waals surface area contributed by atoms with Gasteiger partial charge in [0.25, 0.3) is 0 Å². The first-order valence-corrected chi connectivity index (χ1v) is 14.3. The number of sulfone groups is 1. The molecule has 0 spiro atoms. The van der Waals surface area contributed by atoms with Crippen molar-refractivity contribution in [1.82, 2.24) is 19.9 Å². The number of aromatic nitrogens is 4. The Morgan fingerprint density at radius 1 is 1.26 bits per heavy atom. The summed E-state index contributed by atoms with van der Waals surface area (Å²) in [5, 5.41) is 2.98. The minimum absolute atomic E-state index is 0.00157. The number of oxazole rings is 1. The first kappa shape index (κ1) is 25.4. The van der Waals surface area contributed by atoms with Crippen molar-refractivity contribution >= 4 is 49.3 Å². The number of fused-ring (bicyclic) bond motifs is 2. The highest BCUT2D eigenvalue weighted by Crippen LogP contribution is 2.68. The molecular weight excluding hydrogens is 552 g/mol. The zero-order valence-electron chi connectivity index (χ0n) is 20.6. The van der Waals surface area contributed by atoms with Gasteiger partial charge in [-0.1, -0.05) is 11.8 Å². The Hall–Kier alpha value is -3.85. The van der Waals surface area contributed by atoms with Gasteiger partial charge < -0.3 is 20.2 Å². The van der Waals surface area contributed by atoms with Gasteiger partial charge in [-0.3, -0.25) is 4.99 Å². The molecule has 1 aliphatic heterocycles. The molecule has 202 valence electrons. The van der Waals surface area contributed by atoms with Gasteiger partial charge in [0.05, 0.1) is 23.4 Å². The third-order valence-corrected chi connectivity index (χ3v) is 10.8. The molecule has 15 heteroatoms. The molecule has 11 nitrogen and oxygen atoms in total. The molecule has 1 aliphatic carbocycles. The molecule has 1 fully saturated rings. The van der Waals surface area contributed by atoms with Crippen molar-refractivity contribution in [3.63, 3.8) is 0 Å². The first-order valence-electron chi connectivity index (χ1n) is 11.6. The molecule has 6 rings (SSSR count). The summed E-state index contributed by atoms with van der Waals surface area (Å²) in [6.45, 7) is 1.63. The zero-order valence-corrected chi connectivity index (χ0v) is 22.2. The quantitative estimate of drug-likeness (QED) is 0.332. The fraction of sp³-hybridized carbons (Fsp3) is 0.292. The van der Waals surface area contributed by atoms with E-state index in [0.717, 1.165) is 24.1 Å². The number of nitrogens with one attached hydrogen (secondary N) is 1. The molecule has 39 heavy (non-hydrogen) atoms. The maximum Gasteiger partial charge on any atom is 0.233 e. The number of ether oxygens (including phenoxy) is 1. The molecule has 3 aromatic heterocycles. The minimum Gasteiger partial charge on any atom is -0.467 e. The average Bonchev–Trinajstić information content (AvgIpc) is 3.43. The largest absolute Gasteiger partial charge is 0.467 e. The fourth-order valence-corrected chi connectivity index (χ4v) is 8.21. The number of hydrogen-bond donors (Lipinski definition) is 2. The second-order valence-corrected chi connectivity index (χ2v) is 13.3. The summed E-state index contributed by atoms with van der Waals surface area (Å²) in [6, 6.07) is 3.99. The van der Waals surface area contributed by atoms with Crippen molar-refractivity contribution in [3.05, 3.63) is 66.1 Å². The van der Waals surface area contributed by atoms with Gasteiger partial charge in [-0.15, -0.1) is 0 Å². The average molecular weight is 574 g/mol. The lowest BCUT2D eigenvalue weighted by molar-refractivity contribution is 0.253. The minimum atomic E-state index is -3.56. The van der Waals surface area contributed by atoms with E-state index in [1.807, 2.05) is 0 Å². The van der Waals surface area contributed by atoms with Gasteiger partial charge in [-0.05, 0) is 25.5 Å². The molecule has 1 aromatic carbocycles. The number of aliphatic imine (C=N–C) groups is 1. The number of nitrogens with two attached hydrogens (primary N) is 1. The summed E-state index contributed by atoms with van der Waals surface area (Å²) in [5.74, 6) is -2.01. The third-order valence-electron chi connectivity index (χ3n) is 6.89. The van der Waals surface area contributed by atoms with Crippen LogP contribution >= 0.6 is 11.8 Å². The summed E-state index contributed by atoms with van der Waals surface area (Å²) in [7, 11) is -3.56. The Morgan fingerprint density at radius 2 is 2.08 bits per heavy atom. The predicted octanol–water partition coefficient (Wildman–Crippen LogP) is 3.65. The van der Waals surface area contributed by atoms with E-state index in [1.165, 1.54) is 30.9 Å². The Bertz CT molecular complexity index is 1750. The third kappa shape index (κ3) is 4.25. The van der Waals surface area contributed by atoms with Crippen LogP contribution in [0.1, 0.15) is 24.8 Å². The zero-order chi connectivity index (χ0) is 27.6. The monoisotopic (exact) mass is 573 g/mol. The molecule has 0 saturated heterocycles. The molecule has 0 bridgehead atoms. The van der Waals surface area contributed by atoms with Crippen LogP contribution in [0, 0.1) is 17.6 Å². The number of rotatable bonds is 7. The summed E-state index contributed by atoms with van der Waals surface area (Å²) in [4.78, 5) is 21.4. The van der Waals surface area contributed by atoms with E-state index in [2.05, 4.69) is 30.2 Å². The Morgan fingerprint density at radius 3 is 2.82 bits per heavy atom. The molecule has 3 atom stereocenters. The van der Waals surface area contributed by atoms with Gasteiger partial charge >= 0.3 is 0 Å². The second-order valence-electron chi connectivity index (χ2n) is 9.43. The number of amidine groups is 1. The highest BCUT2D eigenvalue weighted by atomic mass is 32.3. The number of hydrogen-bond acceptors (Lipinski definition) is 12. The van der Waals surface area contributed by atoms with Crippen LogP contribution in [-0.2, 0) is 22.0 Å². The Kier molecular flexibility index (Phi) is 5.77. The first-order chi connectivity index (χ1) is 18.5. The van der Waals surface area contributed by atoms with E-state index < -0.39 is 37.0 Å². The van der Waals surface area contributed by atoms with E-state index in [9.17, 15) is 12.8 Å². The fourth-order valence-electron chi connectivity index (χ4n) is 4.92. The smallest absolute Gasteiger partial charge is 0.233 e. The van der Waals surface area contributed by atoms with Gasteiger partial charge in [-0.25, -0.2) is 37.1 Å². The standard InChI is InChI=1S/C24H21F2N7O4S2/c1-23(16-9-24(16,39(2,34)35)38-22(27)33-23)13-7-12(8-14(25)19(13)26)31-21-20-15(3-4-29-21)32-17(10-30-20)37-11-18-28-5-6-36-18/h3-8,10,16H,9,11H2,1-2H3,(H2,27,33)(H,29,31)/t16-,23+,24+/m0/s1. The molecule has 4 heterocycles. The maximum absolute atomic E-state index is 15.2. The topological polar surface area (TPSA) is 158 Å². The molecular formula is C24H21F2N7O4S2. The Labute approximate surface area is 225 Å². The normalized spacial score (nSPS) is 24.2. The number of halogens is 2. The lowest BCUT2D eigenvalue weighted by Gasteiger charge is -2.33. The van der Waals surface area contributed by atoms with Crippen LogP contribution in [-0.4, -0.2) is 43.9 Å². The Balaban J connectivity index is 1.33. The summed E-state index contributed by atoms with van der Waals surface area (Å²) >= 11 is 0.952. The summed E-state index contributed by atoms with van der Waals surface area (Å²) in [6.07, 6.45) is 7.14. The van der Waals surface area contributed by atoms with Gasteiger partial charge in [0.15, 0.2) is 39.1 Å². The van der Waals surface area contributed by atoms with Gasteiger partial charge in [0.1, 0.15) is 15.9 Å². The van der Waals surface area contributed by atoms with Gasteiger partial charge in [-0.2, -0.15) is 0 Å². The van der Waals surface area contributed by atoms with Gasteiger partial charge in [0.2, 0.25) is 11.8 Å². The maximum atomic E-state index is 15.2. The van der Waals surface area contributed by atoms with E-state index >= 15 is 4.39 Å². The molecule has 2 aliphatic rings. The van der Waals surface area contributed by atoms with Crippen molar-refractivity contribution in [2.45, 2.75) is 29.6 Å². The van der Waals surface area contributed by atoms with Gasteiger partial charge in [0, 0.05) is 35.7 Å². The lowest BCUT2D eigenvalue weighted by atomic mass is 9.86. The number of pyridine rings is 1. The highest BCUT2D eigenvalue weighted by Gasteiger charge is 2.72. The lowest BCUT2D eigenvalue weighted by Crippen LogP contribution is -2.39. The number of nitrogens with zero attached hydrogens (tertiary/aromatic N) is 5. The number of thioether (sulfide) groups is 1. The molecule has 3 N–H and O–H groups in total. The molecule has 0 amide bonds. The summed E-state index contributed by atoms with van der Waals surface area (Å²) < 4.78 is 64.8. The molecule has 0 radical (unpaired) electrons. The molecule has 4 aromatic rings. The van der Waals surface area contributed by atoms with Crippen LogP contribution in [0.3, 0.4) is 0 Å². The van der Waals surface area contributed by atoms with Crippen molar-refractivity contribution in [3.8, 4) is 5.88 Å². The van der Waals surface area contributed by atoms with Crippen LogP contribution < -0.4 is 15.8 Å². The van der Waals surface area contributed by atoms with Crippen molar-refractivity contribution < 1.29 is 26.4 Å². The van der Waals surface area contributed by atoms with Crippen LogP contribution in [0.15, 0.2) is 52.5 Å². The van der Waals surface area contributed by atoms with E-state index in [1.54, 1.807) is 13.0 Å².